The summed E-state index contributed by atoms with van der Waals surface area (Å²) in [5.41, 5.74) is -1.10. The molecule has 1 aromatic carbocycles. The predicted octanol–water partition coefficient (Wildman–Crippen LogP) is 3.88. The molecule has 198 valence electrons. The van der Waals surface area contributed by atoms with E-state index in [1.165, 1.54) is 17.4 Å². The van der Waals surface area contributed by atoms with Gasteiger partial charge in [-0.1, -0.05) is 0 Å². The molecule has 5 aromatic rings. The Kier molecular flexibility index (Phi) is 6.22. The fraction of sp³-hybridized carbons (Fsp3) is 0.231. The molecule has 4 aromatic heterocycles. The topological polar surface area (TPSA) is 112 Å². The second kappa shape index (κ2) is 9.73. The summed E-state index contributed by atoms with van der Waals surface area (Å²) in [5, 5.41) is 2.83. The lowest BCUT2D eigenvalue weighted by Crippen LogP contribution is -2.45. The number of hydrogen-bond donors (Lipinski definition) is 1. The molecule has 1 fully saturated rings. The molecule has 1 saturated carbocycles. The quantitative estimate of drug-likeness (QED) is 0.362. The number of hydrogen-bond acceptors (Lipinski definition) is 7. The molecule has 0 atom stereocenters. The minimum absolute atomic E-state index is 0.0509. The molecular formula is C26H19F3N6O3S. The molecule has 4 heterocycles. The molecular weight excluding hydrogens is 533 g/mol. The Morgan fingerprint density at radius 1 is 0.949 bits per heavy atom. The Morgan fingerprint density at radius 3 is 2.46 bits per heavy atom. The van der Waals surface area contributed by atoms with Crippen molar-refractivity contribution >= 4 is 38.6 Å². The SMILES string of the molecule is O=C(N[C@H]1CC[C@@H](n2c(=O)c3cc(F)cnc3n(-c3ccc(F)c(F)c3)c2=O)CC1)c1cc2nccnc2s1. The number of benzene rings is 1. The number of nitrogens with one attached hydrogen (secondary N) is 1. The van der Waals surface area contributed by atoms with Gasteiger partial charge in [-0.15, -0.1) is 11.3 Å². The normalized spacial score (nSPS) is 17.5. The molecule has 0 saturated heterocycles. The van der Waals surface area contributed by atoms with Gasteiger partial charge in [-0.3, -0.25) is 19.1 Å². The number of carbonyl (C=O) groups excluding carboxylic acids is 1. The summed E-state index contributed by atoms with van der Waals surface area (Å²) in [5.74, 6) is -3.33. The summed E-state index contributed by atoms with van der Waals surface area (Å²) in [6, 6.07) is 4.77. The molecule has 39 heavy (non-hydrogen) atoms. The van der Waals surface area contributed by atoms with Crippen molar-refractivity contribution in [1.82, 2.24) is 29.4 Å². The zero-order valence-electron chi connectivity index (χ0n) is 20.1. The molecule has 13 heteroatoms. The zero-order valence-corrected chi connectivity index (χ0v) is 20.9. The van der Waals surface area contributed by atoms with Gasteiger partial charge < -0.3 is 5.32 Å². The van der Waals surface area contributed by atoms with Crippen LogP contribution in [0.15, 0.2) is 58.5 Å². The van der Waals surface area contributed by atoms with Gasteiger partial charge in [0.25, 0.3) is 11.5 Å². The second-order valence-electron chi connectivity index (χ2n) is 9.25. The van der Waals surface area contributed by atoms with Crippen molar-refractivity contribution in [2.75, 3.05) is 0 Å². The first-order valence-corrected chi connectivity index (χ1v) is 12.9. The molecule has 6 rings (SSSR count). The van der Waals surface area contributed by atoms with Crippen LogP contribution >= 0.6 is 11.3 Å². The van der Waals surface area contributed by atoms with Crippen LogP contribution in [0.4, 0.5) is 13.2 Å². The van der Waals surface area contributed by atoms with Crippen molar-refractivity contribution in [2.24, 2.45) is 0 Å². The second-order valence-corrected chi connectivity index (χ2v) is 10.3. The number of carbonyl (C=O) groups is 1. The van der Waals surface area contributed by atoms with Gasteiger partial charge in [0.2, 0.25) is 0 Å². The van der Waals surface area contributed by atoms with E-state index in [9.17, 15) is 27.6 Å². The van der Waals surface area contributed by atoms with Crippen molar-refractivity contribution in [1.29, 1.82) is 0 Å². The third-order valence-electron chi connectivity index (χ3n) is 6.84. The Morgan fingerprint density at radius 2 is 1.72 bits per heavy atom. The lowest BCUT2D eigenvalue weighted by Gasteiger charge is -2.30. The van der Waals surface area contributed by atoms with Crippen LogP contribution in [0, 0.1) is 17.5 Å². The summed E-state index contributed by atoms with van der Waals surface area (Å²) >= 11 is 1.24. The van der Waals surface area contributed by atoms with E-state index in [1.807, 2.05) is 0 Å². The summed E-state index contributed by atoms with van der Waals surface area (Å²) < 4.78 is 43.7. The van der Waals surface area contributed by atoms with E-state index < -0.39 is 34.7 Å². The van der Waals surface area contributed by atoms with Crippen LogP contribution in [0.5, 0.6) is 0 Å². The van der Waals surface area contributed by atoms with E-state index >= 15 is 0 Å². The summed E-state index contributed by atoms with van der Waals surface area (Å²) in [7, 11) is 0. The molecule has 0 radical (unpaired) electrons. The number of halogens is 3. The van der Waals surface area contributed by atoms with Gasteiger partial charge in [-0.25, -0.2) is 32.5 Å². The molecule has 0 unspecified atom stereocenters. The standard InChI is InChI=1S/C26H19F3N6O3S/c27-13-9-17-22(32-12-13)34(16-5-6-18(28)19(29)10-16)26(38)35(25(17)37)15-3-1-14(2-4-15)33-23(36)21-11-20-24(39-21)31-8-7-30-20/h5-12,14-15H,1-4H2,(H,33,36)/t14-,15+. The van der Waals surface area contributed by atoms with E-state index in [2.05, 4.69) is 20.3 Å². The Bertz CT molecular complexity index is 1840. The van der Waals surface area contributed by atoms with E-state index in [-0.39, 0.29) is 28.7 Å². The largest absolute Gasteiger partial charge is 0.349 e. The number of nitrogens with zero attached hydrogens (tertiary/aromatic N) is 5. The minimum Gasteiger partial charge on any atom is -0.349 e. The maximum Gasteiger partial charge on any atom is 0.337 e. The number of thiophene rings is 1. The van der Waals surface area contributed by atoms with Crippen LogP contribution in [0.2, 0.25) is 0 Å². The van der Waals surface area contributed by atoms with Gasteiger partial charge in [0.15, 0.2) is 17.3 Å². The molecule has 0 bridgehead atoms. The highest BCUT2D eigenvalue weighted by atomic mass is 32.1. The van der Waals surface area contributed by atoms with Crippen molar-refractivity contribution in [2.45, 2.75) is 37.8 Å². The van der Waals surface area contributed by atoms with Gasteiger partial charge in [0.05, 0.1) is 22.1 Å². The predicted molar refractivity (Wildman–Crippen MR) is 138 cm³/mol. The van der Waals surface area contributed by atoms with Crippen LogP contribution in [0.25, 0.3) is 27.1 Å². The van der Waals surface area contributed by atoms with Gasteiger partial charge >= 0.3 is 5.69 Å². The van der Waals surface area contributed by atoms with E-state index in [4.69, 9.17) is 0 Å². The molecule has 1 aliphatic rings. The number of rotatable bonds is 4. The molecule has 0 spiro atoms. The lowest BCUT2D eigenvalue weighted by atomic mass is 9.91. The Balaban J connectivity index is 1.30. The maximum absolute atomic E-state index is 14.1. The van der Waals surface area contributed by atoms with Crippen molar-refractivity contribution in [3.05, 3.63) is 92.1 Å². The van der Waals surface area contributed by atoms with Gasteiger partial charge in [-0.05, 0) is 49.9 Å². The highest BCUT2D eigenvalue weighted by molar-refractivity contribution is 7.20. The highest BCUT2D eigenvalue weighted by Gasteiger charge is 2.28. The van der Waals surface area contributed by atoms with Crippen LogP contribution in [-0.4, -0.2) is 36.0 Å². The molecule has 1 N–H and O–H groups in total. The van der Waals surface area contributed by atoms with Gasteiger partial charge in [-0.2, -0.15) is 0 Å². The average molecular weight is 553 g/mol. The first-order chi connectivity index (χ1) is 18.8. The highest BCUT2D eigenvalue weighted by Crippen LogP contribution is 2.29. The van der Waals surface area contributed by atoms with Crippen molar-refractivity contribution in [3.8, 4) is 5.69 Å². The Hall–Kier alpha value is -4.39. The smallest absolute Gasteiger partial charge is 0.337 e. The third-order valence-corrected chi connectivity index (χ3v) is 7.87. The van der Waals surface area contributed by atoms with Crippen LogP contribution in [-0.2, 0) is 0 Å². The van der Waals surface area contributed by atoms with E-state index in [1.54, 1.807) is 18.5 Å². The average Bonchev–Trinajstić information content (AvgIpc) is 3.37. The number of amides is 1. The molecule has 1 aliphatic carbocycles. The van der Waals surface area contributed by atoms with Crippen LogP contribution < -0.4 is 16.6 Å². The first-order valence-electron chi connectivity index (χ1n) is 12.1. The van der Waals surface area contributed by atoms with Crippen molar-refractivity contribution in [3.63, 3.8) is 0 Å². The van der Waals surface area contributed by atoms with Crippen molar-refractivity contribution < 1.29 is 18.0 Å². The van der Waals surface area contributed by atoms with Gasteiger partial charge in [0, 0.05) is 30.5 Å². The monoisotopic (exact) mass is 552 g/mol. The summed E-state index contributed by atoms with van der Waals surface area (Å²) in [6.07, 6.45) is 5.67. The molecule has 1 amide bonds. The molecule has 0 aliphatic heterocycles. The van der Waals surface area contributed by atoms with Crippen LogP contribution in [0.1, 0.15) is 41.4 Å². The number of pyridine rings is 1. The first kappa shape index (κ1) is 24.9. The lowest BCUT2D eigenvalue weighted by molar-refractivity contribution is 0.0926. The third kappa shape index (κ3) is 4.48. The van der Waals surface area contributed by atoms with E-state index in [0.29, 0.717) is 40.9 Å². The van der Waals surface area contributed by atoms with Gasteiger partial charge in [0.1, 0.15) is 16.2 Å². The maximum atomic E-state index is 14.1. The summed E-state index contributed by atoms with van der Waals surface area (Å²) in [6.45, 7) is 0. The fourth-order valence-corrected chi connectivity index (χ4v) is 5.84. The molecule has 9 nitrogen and oxygen atoms in total. The number of fused-ring (bicyclic) bond motifs is 2. The van der Waals surface area contributed by atoms with Crippen LogP contribution in [0.3, 0.4) is 0 Å². The number of aromatic nitrogens is 5. The Labute approximate surface area is 221 Å². The summed E-state index contributed by atoms with van der Waals surface area (Å²) in [4.78, 5) is 53.2. The minimum atomic E-state index is -1.19. The fourth-order valence-electron chi connectivity index (χ4n) is 4.98. The zero-order chi connectivity index (χ0) is 27.3. The van der Waals surface area contributed by atoms with E-state index in [0.717, 1.165) is 33.5 Å².